The van der Waals surface area contributed by atoms with Crippen LogP contribution in [0.5, 0.6) is 0 Å². The fraction of sp³-hybridized carbons (Fsp3) is 0.200. The number of hydrogen-bond acceptors (Lipinski definition) is 1. The molecule has 0 fully saturated rings. The molecule has 1 atom stereocenters. The van der Waals surface area contributed by atoms with E-state index in [0.717, 1.165) is 11.3 Å². The zero-order valence-electron chi connectivity index (χ0n) is 10.5. The van der Waals surface area contributed by atoms with E-state index in [1.807, 2.05) is 31.2 Å². The number of halogens is 3. The summed E-state index contributed by atoms with van der Waals surface area (Å²) in [5.41, 5.74) is 1.72. The van der Waals surface area contributed by atoms with Crippen molar-refractivity contribution in [3.05, 3.63) is 65.2 Å². The zero-order chi connectivity index (χ0) is 13.8. The summed E-state index contributed by atoms with van der Waals surface area (Å²) in [4.78, 5) is 0. The van der Waals surface area contributed by atoms with Crippen molar-refractivity contribution >= 4 is 17.3 Å². The molecule has 1 nitrogen and oxygen atoms in total. The van der Waals surface area contributed by atoms with Crippen LogP contribution in [0.4, 0.5) is 14.5 Å². The van der Waals surface area contributed by atoms with Gasteiger partial charge in [-0.3, -0.25) is 0 Å². The second-order valence-electron chi connectivity index (χ2n) is 4.26. The van der Waals surface area contributed by atoms with Crippen molar-refractivity contribution in [2.75, 3.05) is 5.32 Å². The van der Waals surface area contributed by atoms with Crippen LogP contribution in [0, 0.1) is 11.6 Å². The summed E-state index contributed by atoms with van der Waals surface area (Å²) in [6, 6.07) is 11.3. The fourth-order valence-corrected chi connectivity index (χ4v) is 2.08. The molecular formula is C15H14ClF2N. The highest BCUT2D eigenvalue weighted by molar-refractivity contribution is 6.21. The lowest BCUT2D eigenvalue weighted by Gasteiger charge is -2.14. The van der Waals surface area contributed by atoms with E-state index in [1.54, 1.807) is 0 Å². The maximum Gasteiger partial charge on any atom is 0.131 e. The Morgan fingerprint density at radius 1 is 1.05 bits per heavy atom. The third kappa shape index (κ3) is 3.24. The first-order valence-electron chi connectivity index (χ1n) is 5.99. The molecule has 19 heavy (non-hydrogen) atoms. The average Bonchev–Trinajstić information content (AvgIpc) is 2.38. The van der Waals surface area contributed by atoms with Crippen molar-refractivity contribution in [1.82, 2.24) is 0 Å². The van der Waals surface area contributed by atoms with Crippen LogP contribution in [-0.2, 0) is 6.54 Å². The molecule has 0 saturated carbocycles. The van der Waals surface area contributed by atoms with E-state index < -0.39 is 11.6 Å². The number of rotatable bonds is 4. The molecule has 1 N–H and O–H groups in total. The minimum Gasteiger partial charge on any atom is -0.380 e. The molecule has 0 saturated heterocycles. The van der Waals surface area contributed by atoms with Gasteiger partial charge in [0.2, 0.25) is 0 Å². The molecule has 0 aliphatic carbocycles. The molecule has 0 spiro atoms. The maximum atomic E-state index is 13.5. The van der Waals surface area contributed by atoms with Gasteiger partial charge in [0.1, 0.15) is 11.6 Å². The van der Waals surface area contributed by atoms with E-state index in [0.29, 0.717) is 0 Å². The Kier molecular flexibility index (Phi) is 4.38. The summed E-state index contributed by atoms with van der Waals surface area (Å²) in [6.45, 7) is 1.94. The second kappa shape index (κ2) is 6.02. The van der Waals surface area contributed by atoms with Crippen LogP contribution in [0.25, 0.3) is 0 Å². The molecule has 0 aliphatic heterocycles. The molecule has 0 amide bonds. The SMILES string of the molecule is CC(Cl)c1ccccc1NCc1c(F)cccc1F. The number of para-hydroxylation sites is 1. The molecular weight excluding hydrogens is 268 g/mol. The quantitative estimate of drug-likeness (QED) is 0.788. The van der Waals surface area contributed by atoms with Gasteiger partial charge in [-0.15, -0.1) is 11.6 Å². The van der Waals surface area contributed by atoms with E-state index in [4.69, 9.17) is 11.6 Å². The lowest BCUT2D eigenvalue weighted by molar-refractivity contribution is 0.560. The van der Waals surface area contributed by atoms with Gasteiger partial charge in [-0.1, -0.05) is 24.3 Å². The topological polar surface area (TPSA) is 12.0 Å². The Labute approximate surface area is 116 Å². The molecule has 0 aliphatic rings. The highest BCUT2D eigenvalue weighted by Gasteiger charge is 2.10. The number of anilines is 1. The summed E-state index contributed by atoms with van der Waals surface area (Å²) in [6.07, 6.45) is 0. The first-order valence-corrected chi connectivity index (χ1v) is 6.43. The molecule has 0 radical (unpaired) electrons. The maximum absolute atomic E-state index is 13.5. The molecule has 1 unspecified atom stereocenters. The van der Waals surface area contributed by atoms with Crippen molar-refractivity contribution in [2.45, 2.75) is 18.8 Å². The highest BCUT2D eigenvalue weighted by Crippen LogP contribution is 2.27. The van der Waals surface area contributed by atoms with Gasteiger partial charge in [0.05, 0.1) is 5.38 Å². The van der Waals surface area contributed by atoms with E-state index in [1.165, 1.54) is 18.2 Å². The molecule has 0 heterocycles. The van der Waals surface area contributed by atoms with Gasteiger partial charge in [-0.25, -0.2) is 8.78 Å². The summed E-state index contributed by atoms with van der Waals surface area (Å²) in [5, 5.41) is 2.86. The Balaban J connectivity index is 2.19. The van der Waals surface area contributed by atoms with Crippen LogP contribution in [0.3, 0.4) is 0 Å². The smallest absolute Gasteiger partial charge is 0.131 e. The Hall–Kier alpha value is -1.61. The highest BCUT2D eigenvalue weighted by atomic mass is 35.5. The van der Waals surface area contributed by atoms with Crippen molar-refractivity contribution in [3.63, 3.8) is 0 Å². The summed E-state index contributed by atoms with van der Waals surface area (Å²) >= 11 is 6.06. The standard InChI is InChI=1S/C15H14ClF2N/c1-10(16)11-5-2-3-8-15(11)19-9-12-13(17)6-4-7-14(12)18/h2-8,10,19H,9H2,1H3. The molecule has 2 rings (SSSR count). The monoisotopic (exact) mass is 281 g/mol. The van der Waals surface area contributed by atoms with Gasteiger partial charge < -0.3 is 5.32 Å². The summed E-state index contributed by atoms with van der Waals surface area (Å²) < 4.78 is 27.0. The second-order valence-corrected chi connectivity index (χ2v) is 4.91. The lowest BCUT2D eigenvalue weighted by Crippen LogP contribution is -2.06. The van der Waals surface area contributed by atoms with Crippen molar-refractivity contribution in [1.29, 1.82) is 0 Å². The van der Waals surface area contributed by atoms with Crippen molar-refractivity contribution < 1.29 is 8.78 Å². The molecule has 0 bridgehead atoms. The number of benzene rings is 2. The van der Waals surface area contributed by atoms with Gasteiger partial charge in [-0.2, -0.15) is 0 Å². The summed E-state index contributed by atoms with van der Waals surface area (Å²) in [7, 11) is 0. The van der Waals surface area contributed by atoms with Crippen LogP contribution in [-0.4, -0.2) is 0 Å². The predicted molar refractivity (Wildman–Crippen MR) is 74.4 cm³/mol. The van der Waals surface area contributed by atoms with E-state index >= 15 is 0 Å². The van der Waals surface area contributed by atoms with Crippen LogP contribution in [0.15, 0.2) is 42.5 Å². The minimum atomic E-state index is -0.552. The first kappa shape index (κ1) is 13.8. The molecule has 100 valence electrons. The molecule has 2 aromatic carbocycles. The van der Waals surface area contributed by atoms with Crippen LogP contribution < -0.4 is 5.32 Å². The number of alkyl halides is 1. The van der Waals surface area contributed by atoms with E-state index in [2.05, 4.69) is 5.32 Å². The van der Waals surface area contributed by atoms with Crippen molar-refractivity contribution in [3.8, 4) is 0 Å². The Bertz CT molecular complexity index is 550. The van der Waals surface area contributed by atoms with Gasteiger partial charge in [0.25, 0.3) is 0 Å². The van der Waals surface area contributed by atoms with Gasteiger partial charge in [-0.05, 0) is 30.7 Å². The van der Waals surface area contributed by atoms with Crippen LogP contribution in [0.2, 0.25) is 0 Å². The van der Waals surface area contributed by atoms with Gasteiger partial charge in [0, 0.05) is 17.8 Å². The van der Waals surface area contributed by atoms with Crippen LogP contribution >= 0.6 is 11.6 Å². The summed E-state index contributed by atoms with van der Waals surface area (Å²) in [5.74, 6) is -1.10. The number of hydrogen-bond donors (Lipinski definition) is 1. The molecule has 2 aromatic rings. The normalized spacial score (nSPS) is 12.2. The van der Waals surface area contributed by atoms with Gasteiger partial charge in [0.15, 0.2) is 0 Å². The molecule has 4 heteroatoms. The van der Waals surface area contributed by atoms with Gasteiger partial charge >= 0.3 is 0 Å². The minimum absolute atomic E-state index is 0.0273. The average molecular weight is 282 g/mol. The van der Waals surface area contributed by atoms with E-state index in [-0.39, 0.29) is 17.5 Å². The van der Waals surface area contributed by atoms with Crippen LogP contribution in [0.1, 0.15) is 23.4 Å². The zero-order valence-corrected chi connectivity index (χ0v) is 11.2. The Morgan fingerprint density at radius 3 is 2.32 bits per heavy atom. The largest absolute Gasteiger partial charge is 0.380 e. The lowest BCUT2D eigenvalue weighted by atomic mass is 10.1. The third-order valence-corrected chi connectivity index (χ3v) is 3.14. The molecule has 0 aromatic heterocycles. The Morgan fingerprint density at radius 2 is 1.68 bits per heavy atom. The number of nitrogens with one attached hydrogen (secondary N) is 1. The third-order valence-electron chi connectivity index (χ3n) is 2.91. The fourth-order valence-electron chi connectivity index (χ4n) is 1.89. The predicted octanol–water partition coefficient (Wildman–Crippen LogP) is 4.88. The van der Waals surface area contributed by atoms with Crippen molar-refractivity contribution in [2.24, 2.45) is 0 Å². The first-order chi connectivity index (χ1) is 9.09. The van der Waals surface area contributed by atoms with E-state index in [9.17, 15) is 8.78 Å².